The van der Waals surface area contributed by atoms with E-state index in [0.29, 0.717) is 50.8 Å². The van der Waals surface area contributed by atoms with E-state index in [2.05, 4.69) is 0 Å². The third-order valence-corrected chi connectivity index (χ3v) is 6.35. The van der Waals surface area contributed by atoms with Gasteiger partial charge in [-0.05, 0) is 25.5 Å². The average molecular weight is 420 g/mol. The van der Waals surface area contributed by atoms with Crippen LogP contribution in [0.15, 0.2) is 23.1 Å². The predicted molar refractivity (Wildman–Crippen MR) is 103 cm³/mol. The molecule has 3 rings (SSSR count). The van der Waals surface area contributed by atoms with Crippen molar-refractivity contribution < 1.29 is 22.7 Å². The molecule has 1 fully saturated rings. The number of nitrogens with two attached hydrogens (primary N) is 1. The topological polar surface area (TPSA) is 102 Å². The Morgan fingerprint density at radius 3 is 2.56 bits per heavy atom. The summed E-state index contributed by atoms with van der Waals surface area (Å²) in [5.41, 5.74) is 5.69. The highest BCUT2D eigenvalue weighted by molar-refractivity contribution is 7.89. The molecule has 0 radical (unpaired) electrons. The third kappa shape index (κ3) is 5.04. The molecule has 1 aromatic rings. The molecule has 1 unspecified atom stereocenters. The fraction of sp³-hybridized carbons (Fsp3) is 0.588. The molecule has 1 amide bonds. The number of fused-ring (bicyclic) bond motifs is 1. The maximum absolute atomic E-state index is 13.0. The largest absolute Gasteiger partial charge is 0.486 e. The standard InChI is InChI=1S/C17H25N3O5S.ClH/c1-13(18)11-17(21)19-5-2-6-20(8-7-19)26(22,23)14-3-4-15-16(12-14)25-10-9-24-15;/h3-4,12-13H,2,5-11,18H2,1H3;1H. The Morgan fingerprint density at radius 2 is 1.85 bits per heavy atom. The van der Waals surface area contributed by atoms with Gasteiger partial charge in [-0.2, -0.15) is 4.31 Å². The van der Waals surface area contributed by atoms with E-state index >= 15 is 0 Å². The van der Waals surface area contributed by atoms with Gasteiger partial charge in [0.2, 0.25) is 15.9 Å². The van der Waals surface area contributed by atoms with E-state index in [0.717, 1.165) is 0 Å². The van der Waals surface area contributed by atoms with Crippen LogP contribution in [0.25, 0.3) is 0 Å². The summed E-state index contributed by atoms with van der Waals surface area (Å²) >= 11 is 0. The van der Waals surface area contributed by atoms with Gasteiger partial charge in [0.05, 0.1) is 4.90 Å². The molecule has 2 aliphatic heterocycles. The van der Waals surface area contributed by atoms with E-state index in [1.165, 1.54) is 16.4 Å². The average Bonchev–Trinajstić information content (AvgIpc) is 2.87. The minimum Gasteiger partial charge on any atom is -0.486 e. The number of benzene rings is 1. The molecule has 0 saturated carbocycles. The number of ether oxygens (including phenoxy) is 2. The lowest BCUT2D eigenvalue weighted by Gasteiger charge is -2.23. The summed E-state index contributed by atoms with van der Waals surface area (Å²) in [5.74, 6) is 0.971. The first-order chi connectivity index (χ1) is 12.4. The van der Waals surface area contributed by atoms with Crippen LogP contribution in [-0.4, -0.2) is 69.0 Å². The molecule has 10 heteroatoms. The molecule has 2 heterocycles. The summed E-state index contributed by atoms with van der Waals surface area (Å²) in [4.78, 5) is 14.1. The van der Waals surface area contributed by atoms with Crippen LogP contribution in [0.5, 0.6) is 11.5 Å². The Balaban J connectivity index is 0.00000261. The highest BCUT2D eigenvalue weighted by Gasteiger charge is 2.29. The van der Waals surface area contributed by atoms with Crippen LogP contribution in [-0.2, 0) is 14.8 Å². The lowest BCUT2D eigenvalue weighted by atomic mass is 10.2. The molecule has 0 aromatic heterocycles. The van der Waals surface area contributed by atoms with Gasteiger partial charge >= 0.3 is 0 Å². The van der Waals surface area contributed by atoms with Gasteiger partial charge in [0.25, 0.3) is 0 Å². The molecule has 2 N–H and O–H groups in total. The second-order valence-electron chi connectivity index (χ2n) is 6.63. The highest BCUT2D eigenvalue weighted by atomic mass is 35.5. The predicted octanol–water partition coefficient (Wildman–Crippen LogP) is 0.840. The zero-order chi connectivity index (χ0) is 18.7. The minimum atomic E-state index is -3.66. The Bertz CT molecular complexity index is 772. The number of carbonyl (C=O) groups is 1. The molecular formula is C17H26ClN3O5S. The van der Waals surface area contributed by atoms with Gasteiger partial charge in [0.1, 0.15) is 13.2 Å². The lowest BCUT2D eigenvalue weighted by molar-refractivity contribution is -0.131. The van der Waals surface area contributed by atoms with Crippen LogP contribution in [0.4, 0.5) is 0 Å². The van der Waals surface area contributed by atoms with Gasteiger partial charge in [-0.25, -0.2) is 8.42 Å². The second kappa shape index (κ2) is 9.09. The number of nitrogens with zero attached hydrogens (tertiary/aromatic N) is 2. The van der Waals surface area contributed by atoms with Crippen LogP contribution in [0.2, 0.25) is 0 Å². The molecule has 0 bridgehead atoms. The maximum Gasteiger partial charge on any atom is 0.243 e. The summed E-state index contributed by atoms with van der Waals surface area (Å²) < 4.78 is 38.3. The minimum absolute atomic E-state index is 0. The molecule has 27 heavy (non-hydrogen) atoms. The molecule has 1 saturated heterocycles. The summed E-state index contributed by atoms with van der Waals surface area (Å²) in [5, 5.41) is 0. The van der Waals surface area contributed by atoms with Gasteiger partial charge in [0.15, 0.2) is 11.5 Å². The van der Waals surface area contributed by atoms with E-state index in [4.69, 9.17) is 15.2 Å². The first kappa shape index (κ1) is 21.7. The van der Waals surface area contributed by atoms with Crippen molar-refractivity contribution in [1.82, 2.24) is 9.21 Å². The third-order valence-electron chi connectivity index (χ3n) is 4.46. The van der Waals surface area contributed by atoms with E-state index in [-0.39, 0.29) is 42.2 Å². The second-order valence-corrected chi connectivity index (χ2v) is 8.56. The maximum atomic E-state index is 13.0. The van der Waals surface area contributed by atoms with Gasteiger partial charge in [-0.15, -0.1) is 12.4 Å². The highest BCUT2D eigenvalue weighted by Crippen LogP contribution is 2.33. The van der Waals surface area contributed by atoms with Crippen LogP contribution >= 0.6 is 12.4 Å². The number of hydrogen-bond donors (Lipinski definition) is 1. The Labute approximate surface area is 166 Å². The SMILES string of the molecule is CC(N)CC(=O)N1CCCN(S(=O)(=O)c2ccc3c(c2)OCCO3)CC1.Cl. The first-order valence-electron chi connectivity index (χ1n) is 8.81. The lowest BCUT2D eigenvalue weighted by Crippen LogP contribution is -2.39. The van der Waals surface area contributed by atoms with Crippen molar-refractivity contribution in [3.63, 3.8) is 0 Å². The van der Waals surface area contributed by atoms with Gasteiger partial charge in [-0.1, -0.05) is 0 Å². The van der Waals surface area contributed by atoms with Crippen LogP contribution < -0.4 is 15.2 Å². The molecule has 2 aliphatic rings. The number of amides is 1. The first-order valence-corrected chi connectivity index (χ1v) is 10.2. The molecule has 152 valence electrons. The van der Waals surface area contributed by atoms with Gasteiger partial charge in [0, 0.05) is 44.7 Å². The van der Waals surface area contributed by atoms with E-state index in [1.54, 1.807) is 17.9 Å². The molecule has 0 spiro atoms. The summed E-state index contributed by atoms with van der Waals surface area (Å²) in [6, 6.07) is 4.46. The van der Waals surface area contributed by atoms with Crippen LogP contribution in [0.3, 0.4) is 0 Å². The van der Waals surface area contributed by atoms with Gasteiger partial charge < -0.3 is 20.1 Å². The number of sulfonamides is 1. The smallest absolute Gasteiger partial charge is 0.243 e. The molecule has 8 nitrogen and oxygen atoms in total. The van der Waals surface area contributed by atoms with Crippen molar-refractivity contribution in [2.45, 2.75) is 30.7 Å². The number of halogens is 1. The number of hydrogen-bond acceptors (Lipinski definition) is 6. The number of rotatable bonds is 4. The van der Waals surface area contributed by atoms with Crippen molar-refractivity contribution >= 4 is 28.3 Å². The summed E-state index contributed by atoms with van der Waals surface area (Å²) in [7, 11) is -3.66. The quantitative estimate of drug-likeness (QED) is 0.775. The van der Waals surface area contributed by atoms with E-state index in [9.17, 15) is 13.2 Å². The Hall–Kier alpha value is -1.55. The summed E-state index contributed by atoms with van der Waals surface area (Å²) in [6.07, 6.45) is 0.864. The number of carbonyl (C=O) groups excluding carboxylic acids is 1. The van der Waals surface area contributed by atoms with Crippen LogP contribution in [0, 0.1) is 0 Å². The van der Waals surface area contributed by atoms with Crippen molar-refractivity contribution in [3.05, 3.63) is 18.2 Å². The van der Waals surface area contributed by atoms with E-state index < -0.39 is 10.0 Å². The molecule has 0 aliphatic carbocycles. The van der Waals surface area contributed by atoms with Crippen molar-refractivity contribution in [2.24, 2.45) is 5.73 Å². The van der Waals surface area contributed by atoms with Crippen LogP contribution in [0.1, 0.15) is 19.8 Å². The fourth-order valence-corrected chi connectivity index (χ4v) is 4.61. The van der Waals surface area contributed by atoms with E-state index in [1.807, 2.05) is 0 Å². The fourth-order valence-electron chi connectivity index (χ4n) is 3.12. The normalized spacial score (nSPS) is 19.0. The van der Waals surface area contributed by atoms with Crippen molar-refractivity contribution in [2.75, 3.05) is 39.4 Å². The van der Waals surface area contributed by atoms with Crippen molar-refractivity contribution in [3.8, 4) is 11.5 Å². The zero-order valence-electron chi connectivity index (χ0n) is 15.3. The monoisotopic (exact) mass is 419 g/mol. The van der Waals surface area contributed by atoms with Crippen molar-refractivity contribution in [1.29, 1.82) is 0 Å². The zero-order valence-corrected chi connectivity index (χ0v) is 16.9. The molecule has 1 aromatic carbocycles. The molecular weight excluding hydrogens is 394 g/mol. The summed E-state index contributed by atoms with van der Waals surface area (Å²) in [6.45, 7) is 4.19. The molecule has 1 atom stereocenters. The Morgan fingerprint density at radius 1 is 1.15 bits per heavy atom. The van der Waals surface area contributed by atoms with Gasteiger partial charge in [-0.3, -0.25) is 4.79 Å². The Kier molecular flexibility index (Phi) is 7.32.